The maximum atomic E-state index is 13.1. The van der Waals surface area contributed by atoms with Crippen LogP contribution in [0.3, 0.4) is 0 Å². The van der Waals surface area contributed by atoms with Crippen molar-refractivity contribution >= 4 is 11.0 Å². The van der Waals surface area contributed by atoms with Gasteiger partial charge in [-0.25, -0.2) is 13.8 Å². The van der Waals surface area contributed by atoms with Crippen LogP contribution in [0.1, 0.15) is 18.8 Å². The molecule has 2 aromatic heterocycles. The molecule has 1 aromatic carbocycles. The molecule has 1 N–H and O–H groups in total. The number of hydrogen-bond acceptors (Lipinski definition) is 2. The fourth-order valence-corrected chi connectivity index (χ4v) is 1.86. The fourth-order valence-electron chi connectivity index (χ4n) is 1.86. The zero-order valence-corrected chi connectivity index (χ0v) is 9.56. The molecule has 0 aliphatic rings. The van der Waals surface area contributed by atoms with E-state index >= 15 is 0 Å². The molecule has 0 saturated heterocycles. The quantitative estimate of drug-likeness (QED) is 0.757. The fraction of sp³-hybridized carbons (Fsp3) is 0.167. The Kier molecular flexibility index (Phi) is 2.36. The summed E-state index contributed by atoms with van der Waals surface area (Å²) in [5.41, 5.74) is 0.880. The Morgan fingerprint density at radius 1 is 1.28 bits per heavy atom. The molecule has 0 bridgehead atoms. The normalized spacial score (nSPS) is 13.1. The van der Waals surface area contributed by atoms with E-state index in [9.17, 15) is 8.78 Å². The second-order valence-corrected chi connectivity index (χ2v) is 4.07. The first-order valence-corrected chi connectivity index (χ1v) is 5.49. The summed E-state index contributed by atoms with van der Waals surface area (Å²) < 4.78 is 27.9. The van der Waals surface area contributed by atoms with E-state index in [2.05, 4.69) is 15.1 Å². The minimum Gasteiger partial charge on any atom is -0.340 e. The minimum atomic E-state index is -0.896. The van der Waals surface area contributed by atoms with Crippen molar-refractivity contribution in [1.82, 2.24) is 19.7 Å². The van der Waals surface area contributed by atoms with Crippen LogP contribution in [0.4, 0.5) is 8.78 Å². The zero-order chi connectivity index (χ0) is 12.7. The Morgan fingerprint density at radius 2 is 2.06 bits per heavy atom. The lowest BCUT2D eigenvalue weighted by molar-refractivity contribution is 0.510. The molecule has 4 nitrogen and oxygen atoms in total. The van der Waals surface area contributed by atoms with Crippen molar-refractivity contribution in [1.29, 1.82) is 0 Å². The van der Waals surface area contributed by atoms with E-state index in [1.54, 1.807) is 23.1 Å². The van der Waals surface area contributed by atoms with Crippen LogP contribution in [-0.2, 0) is 0 Å². The lowest BCUT2D eigenvalue weighted by atomic mass is 10.3. The first kappa shape index (κ1) is 10.9. The molecular weight excluding hydrogens is 238 g/mol. The van der Waals surface area contributed by atoms with E-state index < -0.39 is 11.6 Å². The summed E-state index contributed by atoms with van der Waals surface area (Å²) in [5, 5.41) is 4.11. The summed E-state index contributed by atoms with van der Waals surface area (Å²) in [6.07, 6.45) is 3.47. The first-order chi connectivity index (χ1) is 8.65. The van der Waals surface area contributed by atoms with Crippen molar-refractivity contribution in [2.45, 2.75) is 13.0 Å². The van der Waals surface area contributed by atoms with Crippen molar-refractivity contribution in [2.24, 2.45) is 0 Å². The Hall–Kier alpha value is -2.24. The van der Waals surface area contributed by atoms with Gasteiger partial charge in [-0.2, -0.15) is 5.10 Å². The van der Waals surface area contributed by atoms with Crippen molar-refractivity contribution in [3.8, 4) is 0 Å². The highest BCUT2D eigenvalue weighted by atomic mass is 19.2. The van der Waals surface area contributed by atoms with Gasteiger partial charge in [-0.05, 0) is 13.0 Å². The summed E-state index contributed by atoms with van der Waals surface area (Å²) >= 11 is 0. The van der Waals surface area contributed by atoms with Gasteiger partial charge < -0.3 is 4.98 Å². The van der Waals surface area contributed by atoms with Crippen LogP contribution >= 0.6 is 0 Å². The van der Waals surface area contributed by atoms with Crippen molar-refractivity contribution in [3.05, 3.63) is 48.1 Å². The first-order valence-electron chi connectivity index (χ1n) is 5.49. The number of halogens is 2. The molecule has 18 heavy (non-hydrogen) atoms. The average molecular weight is 248 g/mol. The number of benzene rings is 1. The van der Waals surface area contributed by atoms with Gasteiger partial charge in [0, 0.05) is 24.5 Å². The highest BCUT2D eigenvalue weighted by Gasteiger charge is 2.14. The molecular formula is C12H10F2N4. The van der Waals surface area contributed by atoms with Crippen LogP contribution < -0.4 is 0 Å². The highest BCUT2D eigenvalue weighted by molar-refractivity contribution is 5.75. The topological polar surface area (TPSA) is 46.5 Å². The predicted molar refractivity (Wildman–Crippen MR) is 62.0 cm³/mol. The van der Waals surface area contributed by atoms with Crippen molar-refractivity contribution in [3.63, 3.8) is 0 Å². The van der Waals surface area contributed by atoms with E-state index in [1.165, 1.54) is 0 Å². The predicted octanol–water partition coefficient (Wildman–Crippen LogP) is 2.65. The molecule has 0 radical (unpaired) electrons. The zero-order valence-electron chi connectivity index (χ0n) is 9.56. The van der Waals surface area contributed by atoms with Crippen molar-refractivity contribution < 1.29 is 8.78 Å². The Morgan fingerprint density at radius 3 is 2.78 bits per heavy atom. The summed E-state index contributed by atoms with van der Waals surface area (Å²) in [6.45, 7) is 1.90. The Bertz CT molecular complexity index is 648. The third-order valence-corrected chi connectivity index (χ3v) is 2.86. The monoisotopic (exact) mass is 248 g/mol. The van der Waals surface area contributed by atoms with Gasteiger partial charge >= 0.3 is 0 Å². The number of hydrogen-bond donors (Lipinski definition) is 1. The van der Waals surface area contributed by atoms with Crippen LogP contribution in [0.5, 0.6) is 0 Å². The van der Waals surface area contributed by atoms with Gasteiger partial charge in [0.2, 0.25) is 0 Å². The number of nitrogens with zero attached hydrogens (tertiary/aromatic N) is 3. The number of aromatic amines is 1. The van der Waals surface area contributed by atoms with E-state index in [0.29, 0.717) is 16.9 Å². The SMILES string of the molecule is CC(c1nc2cc(F)c(F)cc2[nH]1)n1cccn1. The second kappa shape index (κ2) is 3.90. The molecule has 92 valence electrons. The molecule has 1 unspecified atom stereocenters. The standard InChI is InChI=1S/C12H10F2N4/c1-7(18-4-2-3-15-18)12-16-10-5-8(13)9(14)6-11(10)17-12/h2-7H,1H3,(H,16,17). The number of rotatable bonds is 2. The van der Waals surface area contributed by atoms with Crippen molar-refractivity contribution in [2.75, 3.05) is 0 Å². The van der Waals surface area contributed by atoms with Crippen LogP contribution in [0.15, 0.2) is 30.6 Å². The second-order valence-electron chi connectivity index (χ2n) is 4.07. The average Bonchev–Trinajstić information content (AvgIpc) is 2.97. The Labute approximate surface area is 101 Å². The maximum absolute atomic E-state index is 13.1. The molecule has 3 aromatic rings. The van der Waals surface area contributed by atoms with Gasteiger partial charge in [0.15, 0.2) is 11.6 Å². The number of nitrogens with one attached hydrogen (secondary N) is 1. The van der Waals surface area contributed by atoms with E-state index in [-0.39, 0.29) is 6.04 Å². The summed E-state index contributed by atoms with van der Waals surface area (Å²) in [6, 6.07) is 3.87. The lowest BCUT2D eigenvalue weighted by Crippen LogP contribution is -2.08. The van der Waals surface area contributed by atoms with Gasteiger partial charge in [-0.3, -0.25) is 4.68 Å². The molecule has 6 heteroatoms. The summed E-state index contributed by atoms with van der Waals surface area (Å²) in [4.78, 5) is 7.22. The minimum absolute atomic E-state index is 0.126. The number of fused-ring (bicyclic) bond motifs is 1. The van der Waals surface area contributed by atoms with Gasteiger partial charge in [0.05, 0.1) is 11.0 Å². The van der Waals surface area contributed by atoms with Gasteiger partial charge in [0.1, 0.15) is 11.9 Å². The molecule has 0 fully saturated rings. The lowest BCUT2D eigenvalue weighted by Gasteiger charge is -2.08. The van der Waals surface area contributed by atoms with Gasteiger partial charge in [-0.1, -0.05) is 0 Å². The molecule has 0 amide bonds. The number of H-pyrrole nitrogens is 1. The van der Waals surface area contributed by atoms with Gasteiger partial charge in [0.25, 0.3) is 0 Å². The number of aromatic nitrogens is 4. The smallest absolute Gasteiger partial charge is 0.161 e. The molecule has 3 rings (SSSR count). The molecule has 1 atom stereocenters. The highest BCUT2D eigenvalue weighted by Crippen LogP contribution is 2.20. The van der Waals surface area contributed by atoms with Crippen LogP contribution in [-0.4, -0.2) is 19.7 Å². The van der Waals surface area contributed by atoms with E-state index in [4.69, 9.17) is 0 Å². The molecule has 2 heterocycles. The summed E-state index contributed by atoms with van der Waals surface area (Å²) in [7, 11) is 0. The third kappa shape index (κ3) is 1.66. The van der Waals surface area contributed by atoms with Crippen LogP contribution in [0.2, 0.25) is 0 Å². The molecule has 0 spiro atoms. The van der Waals surface area contributed by atoms with Gasteiger partial charge in [-0.15, -0.1) is 0 Å². The number of imidazole rings is 1. The molecule has 0 aliphatic heterocycles. The summed E-state index contributed by atoms with van der Waals surface area (Å²) in [5.74, 6) is -1.17. The van der Waals surface area contributed by atoms with E-state index in [0.717, 1.165) is 12.1 Å². The molecule has 0 aliphatic carbocycles. The third-order valence-electron chi connectivity index (χ3n) is 2.86. The molecule has 0 saturated carbocycles. The maximum Gasteiger partial charge on any atom is 0.161 e. The Balaban J connectivity index is 2.08. The van der Waals surface area contributed by atoms with E-state index in [1.807, 2.05) is 6.92 Å². The van der Waals surface area contributed by atoms with Crippen LogP contribution in [0, 0.1) is 11.6 Å². The largest absolute Gasteiger partial charge is 0.340 e. The van der Waals surface area contributed by atoms with Crippen LogP contribution in [0.25, 0.3) is 11.0 Å².